The number of nitrogens with one attached hydrogen (secondary N) is 1. The lowest BCUT2D eigenvalue weighted by atomic mass is 9.99. The number of nitrogens with two attached hydrogens (primary N) is 1. The Morgan fingerprint density at radius 1 is 1.15 bits per heavy atom. The van der Waals surface area contributed by atoms with Gasteiger partial charge in [-0.1, -0.05) is 48.0 Å². The first-order chi connectivity index (χ1) is 11.8. The van der Waals surface area contributed by atoms with Crippen LogP contribution in [0.2, 0.25) is 5.02 Å². The van der Waals surface area contributed by atoms with Crippen molar-refractivity contribution in [2.75, 3.05) is 12.0 Å². The molecule has 0 aliphatic heterocycles. The molecule has 1 atom stereocenters. The van der Waals surface area contributed by atoms with Gasteiger partial charge in [0, 0.05) is 17.8 Å². The number of amides is 1. The van der Waals surface area contributed by atoms with Crippen molar-refractivity contribution in [3.05, 3.63) is 59.1 Å². The number of rotatable bonds is 7. The minimum atomic E-state index is -3.14. The van der Waals surface area contributed by atoms with E-state index in [4.69, 9.17) is 17.3 Å². The van der Waals surface area contributed by atoms with E-state index in [2.05, 4.69) is 5.32 Å². The predicted octanol–water partition coefficient (Wildman–Crippen LogP) is 2.81. The Morgan fingerprint density at radius 3 is 2.38 bits per heavy atom. The number of hydrogen-bond donors (Lipinski definition) is 2. The Kier molecular flexibility index (Phi) is 8.56. The molecule has 1 amide bonds. The second kappa shape index (κ2) is 9.92. The molecule has 0 heterocycles. The standard InChI is InChI=1S/C18H21ClN2O3S.ClH/c1-25(23,24)11-10-17(20)18(22)21-12-14-4-2-3-5-16(14)13-6-8-15(19)9-7-13;/h2-9,17H,10-12,20H2,1H3,(H,21,22);1H. The number of hydrogen-bond acceptors (Lipinski definition) is 4. The van der Waals surface area contributed by atoms with Gasteiger partial charge in [-0.15, -0.1) is 12.4 Å². The van der Waals surface area contributed by atoms with Gasteiger partial charge in [-0.3, -0.25) is 4.79 Å². The molecule has 0 saturated carbocycles. The number of halogens is 2. The van der Waals surface area contributed by atoms with Crippen LogP contribution >= 0.6 is 24.0 Å². The molecule has 2 aromatic carbocycles. The van der Waals surface area contributed by atoms with Crippen LogP contribution in [0.3, 0.4) is 0 Å². The molecule has 26 heavy (non-hydrogen) atoms. The number of sulfone groups is 1. The number of carbonyl (C=O) groups excluding carboxylic acids is 1. The quantitative estimate of drug-likeness (QED) is 0.725. The van der Waals surface area contributed by atoms with E-state index in [0.29, 0.717) is 11.6 Å². The first-order valence-electron chi connectivity index (χ1n) is 7.81. The Hall–Kier alpha value is -1.60. The molecule has 3 N–H and O–H groups in total. The topological polar surface area (TPSA) is 89.3 Å². The van der Waals surface area contributed by atoms with E-state index in [9.17, 15) is 13.2 Å². The van der Waals surface area contributed by atoms with Gasteiger partial charge in [0.15, 0.2) is 0 Å². The van der Waals surface area contributed by atoms with Crippen LogP contribution in [0.1, 0.15) is 12.0 Å². The highest BCUT2D eigenvalue weighted by Crippen LogP contribution is 2.25. The maximum absolute atomic E-state index is 12.1. The summed E-state index contributed by atoms with van der Waals surface area (Å²) in [7, 11) is -3.14. The summed E-state index contributed by atoms with van der Waals surface area (Å²) >= 11 is 5.92. The van der Waals surface area contributed by atoms with Crippen LogP contribution in [0.4, 0.5) is 0 Å². The number of carbonyl (C=O) groups is 1. The van der Waals surface area contributed by atoms with Crippen LogP contribution in [0.25, 0.3) is 11.1 Å². The van der Waals surface area contributed by atoms with Crippen molar-refractivity contribution in [2.24, 2.45) is 5.73 Å². The highest BCUT2D eigenvalue weighted by molar-refractivity contribution is 7.90. The van der Waals surface area contributed by atoms with Crippen molar-refractivity contribution >= 4 is 39.8 Å². The average Bonchev–Trinajstić information content (AvgIpc) is 2.58. The minimum absolute atomic E-state index is 0. The minimum Gasteiger partial charge on any atom is -0.351 e. The molecule has 0 aromatic heterocycles. The lowest BCUT2D eigenvalue weighted by Gasteiger charge is -2.14. The largest absolute Gasteiger partial charge is 0.351 e. The lowest BCUT2D eigenvalue weighted by Crippen LogP contribution is -2.41. The van der Waals surface area contributed by atoms with Crippen LogP contribution in [0.15, 0.2) is 48.5 Å². The fourth-order valence-corrected chi connectivity index (χ4v) is 3.18. The van der Waals surface area contributed by atoms with E-state index < -0.39 is 15.9 Å². The molecule has 5 nitrogen and oxygen atoms in total. The Balaban J connectivity index is 0.00000338. The molecule has 2 aromatic rings. The van der Waals surface area contributed by atoms with E-state index in [-0.39, 0.29) is 30.5 Å². The summed E-state index contributed by atoms with van der Waals surface area (Å²) in [5.41, 5.74) is 8.69. The molecule has 0 saturated heterocycles. The summed E-state index contributed by atoms with van der Waals surface area (Å²) < 4.78 is 22.3. The van der Waals surface area contributed by atoms with Gasteiger partial charge in [0.25, 0.3) is 0 Å². The van der Waals surface area contributed by atoms with E-state index >= 15 is 0 Å². The van der Waals surface area contributed by atoms with E-state index in [1.54, 1.807) is 0 Å². The molecule has 0 fully saturated rings. The van der Waals surface area contributed by atoms with Crippen molar-refractivity contribution in [3.8, 4) is 11.1 Å². The molecule has 1 unspecified atom stereocenters. The molecule has 8 heteroatoms. The van der Waals surface area contributed by atoms with Gasteiger partial charge in [-0.25, -0.2) is 8.42 Å². The van der Waals surface area contributed by atoms with Crippen molar-refractivity contribution in [1.82, 2.24) is 5.32 Å². The summed E-state index contributed by atoms with van der Waals surface area (Å²) in [6, 6.07) is 14.3. The van der Waals surface area contributed by atoms with Gasteiger partial charge in [0.05, 0.1) is 11.8 Å². The summed E-state index contributed by atoms with van der Waals surface area (Å²) in [5, 5.41) is 3.43. The van der Waals surface area contributed by atoms with Crippen molar-refractivity contribution in [1.29, 1.82) is 0 Å². The molecule has 0 aliphatic rings. The summed E-state index contributed by atoms with van der Waals surface area (Å²) in [4.78, 5) is 12.1. The molecular formula is C18H22Cl2N2O3S. The fourth-order valence-electron chi connectivity index (χ4n) is 2.37. The number of benzene rings is 2. The Bertz CT molecular complexity index is 840. The zero-order chi connectivity index (χ0) is 18.4. The third-order valence-corrected chi connectivity index (χ3v) is 4.99. The Labute approximate surface area is 165 Å². The van der Waals surface area contributed by atoms with Crippen LogP contribution in [-0.4, -0.2) is 32.4 Å². The van der Waals surface area contributed by atoms with Crippen molar-refractivity contribution < 1.29 is 13.2 Å². The highest BCUT2D eigenvalue weighted by atomic mass is 35.5. The second-order valence-corrected chi connectivity index (χ2v) is 8.60. The summed E-state index contributed by atoms with van der Waals surface area (Å²) in [6.07, 6.45) is 1.23. The molecular weight excluding hydrogens is 395 g/mol. The second-order valence-electron chi connectivity index (χ2n) is 5.91. The van der Waals surface area contributed by atoms with Gasteiger partial charge >= 0.3 is 0 Å². The fraction of sp³-hybridized carbons (Fsp3) is 0.278. The van der Waals surface area contributed by atoms with Crippen molar-refractivity contribution in [3.63, 3.8) is 0 Å². The maximum Gasteiger partial charge on any atom is 0.237 e. The SMILES string of the molecule is CS(=O)(=O)CCC(N)C(=O)NCc1ccccc1-c1ccc(Cl)cc1.Cl. The highest BCUT2D eigenvalue weighted by Gasteiger charge is 2.16. The summed E-state index contributed by atoms with van der Waals surface area (Å²) in [6.45, 7) is 0.310. The predicted molar refractivity (Wildman–Crippen MR) is 108 cm³/mol. The first kappa shape index (κ1) is 22.4. The molecule has 142 valence electrons. The average molecular weight is 417 g/mol. The third-order valence-electron chi connectivity index (χ3n) is 3.76. The van der Waals surface area contributed by atoms with E-state index in [0.717, 1.165) is 22.9 Å². The van der Waals surface area contributed by atoms with Crippen LogP contribution in [0, 0.1) is 0 Å². The molecule has 2 rings (SSSR count). The monoisotopic (exact) mass is 416 g/mol. The van der Waals surface area contributed by atoms with Gasteiger partial charge in [-0.05, 0) is 35.2 Å². The van der Waals surface area contributed by atoms with E-state index in [1.807, 2.05) is 48.5 Å². The first-order valence-corrected chi connectivity index (χ1v) is 10.2. The smallest absolute Gasteiger partial charge is 0.237 e. The maximum atomic E-state index is 12.1. The molecule has 0 bridgehead atoms. The van der Waals surface area contributed by atoms with Gasteiger partial charge < -0.3 is 11.1 Å². The van der Waals surface area contributed by atoms with Gasteiger partial charge in [-0.2, -0.15) is 0 Å². The molecule has 0 aliphatic carbocycles. The van der Waals surface area contributed by atoms with Crippen LogP contribution in [0.5, 0.6) is 0 Å². The molecule has 0 radical (unpaired) electrons. The zero-order valence-corrected chi connectivity index (χ0v) is 16.7. The van der Waals surface area contributed by atoms with Crippen LogP contribution < -0.4 is 11.1 Å². The van der Waals surface area contributed by atoms with Gasteiger partial charge in [0.1, 0.15) is 9.84 Å². The third kappa shape index (κ3) is 6.96. The molecule has 0 spiro atoms. The van der Waals surface area contributed by atoms with E-state index in [1.165, 1.54) is 0 Å². The Morgan fingerprint density at radius 2 is 1.77 bits per heavy atom. The van der Waals surface area contributed by atoms with Crippen LogP contribution in [-0.2, 0) is 21.2 Å². The normalized spacial score (nSPS) is 12.1. The summed E-state index contributed by atoms with van der Waals surface area (Å²) in [5.74, 6) is -0.474. The lowest BCUT2D eigenvalue weighted by molar-refractivity contribution is -0.122. The van der Waals surface area contributed by atoms with Gasteiger partial charge in [0.2, 0.25) is 5.91 Å². The zero-order valence-electron chi connectivity index (χ0n) is 14.3. The van der Waals surface area contributed by atoms with Crippen molar-refractivity contribution in [2.45, 2.75) is 19.0 Å².